The predicted molar refractivity (Wildman–Crippen MR) is 98.4 cm³/mol. The van der Waals surface area contributed by atoms with E-state index in [1.165, 1.54) is 0 Å². The summed E-state index contributed by atoms with van der Waals surface area (Å²) in [5.74, 6) is 0.180. The number of benzene rings is 1. The molecule has 25 heavy (non-hydrogen) atoms. The van der Waals surface area contributed by atoms with Gasteiger partial charge in [-0.2, -0.15) is 5.10 Å². The van der Waals surface area contributed by atoms with Gasteiger partial charge in [0.25, 0.3) is 0 Å². The number of pyridine rings is 1. The Morgan fingerprint density at radius 1 is 1.28 bits per heavy atom. The molecule has 1 aromatic carbocycles. The molecule has 0 fully saturated rings. The van der Waals surface area contributed by atoms with Crippen LogP contribution in [0.15, 0.2) is 36.7 Å². The quantitative estimate of drug-likeness (QED) is 0.423. The molecule has 5 N–H and O–H groups in total. The fraction of sp³-hybridized carbons (Fsp3) is 0.222. The van der Waals surface area contributed by atoms with E-state index in [1.54, 1.807) is 12.4 Å². The third kappa shape index (κ3) is 3.65. The van der Waals surface area contributed by atoms with Crippen LogP contribution in [0.1, 0.15) is 26.0 Å². The van der Waals surface area contributed by atoms with Crippen LogP contribution in [-0.4, -0.2) is 26.9 Å². The second kappa shape index (κ2) is 6.72. The number of aromatic nitrogens is 3. The van der Waals surface area contributed by atoms with E-state index in [0.717, 1.165) is 22.0 Å². The number of hydrogen-bond donors (Lipinski definition) is 4. The van der Waals surface area contributed by atoms with E-state index in [2.05, 4.69) is 20.5 Å². The Bertz CT molecular complexity index is 944. The number of aromatic amines is 1. The molecule has 0 aliphatic rings. The van der Waals surface area contributed by atoms with Crippen molar-refractivity contribution in [2.24, 2.45) is 11.7 Å². The number of fused-ring (bicyclic) bond motifs is 1. The van der Waals surface area contributed by atoms with E-state index in [0.29, 0.717) is 23.7 Å². The molecule has 0 bridgehead atoms. The van der Waals surface area contributed by atoms with Crippen LogP contribution in [0.25, 0.3) is 22.0 Å². The average Bonchev–Trinajstić information content (AvgIpc) is 2.97. The molecule has 3 aromatic rings. The lowest BCUT2D eigenvalue weighted by Crippen LogP contribution is -2.13. The van der Waals surface area contributed by atoms with Crippen molar-refractivity contribution in [3.8, 4) is 11.1 Å². The zero-order valence-electron chi connectivity index (χ0n) is 14.1. The first kappa shape index (κ1) is 16.6. The van der Waals surface area contributed by atoms with Crippen molar-refractivity contribution < 1.29 is 4.79 Å². The van der Waals surface area contributed by atoms with Gasteiger partial charge in [-0.3, -0.25) is 20.3 Å². The average molecular weight is 336 g/mol. The number of H-pyrrole nitrogens is 1. The predicted octanol–water partition coefficient (Wildman–Crippen LogP) is 2.89. The number of anilines is 1. The van der Waals surface area contributed by atoms with Gasteiger partial charge in [-0.1, -0.05) is 19.9 Å². The molecule has 0 aliphatic heterocycles. The normalized spacial score (nSPS) is 11.0. The van der Waals surface area contributed by atoms with Gasteiger partial charge in [0.15, 0.2) is 0 Å². The van der Waals surface area contributed by atoms with Gasteiger partial charge in [-0.05, 0) is 29.7 Å². The highest BCUT2D eigenvalue weighted by atomic mass is 16.1. The molecule has 2 heterocycles. The number of nitrogens with zero attached hydrogens (tertiary/aromatic N) is 2. The van der Waals surface area contributed by atoms with Crippen LogP contribution in [0.4, 0.5) is 5.69 Å². The van der Waals surface area contributed by atoms with Gasteiger partial charge in [-0.15, -0.1) is 0 Å². The third-order valence-corrected chi connectivity index (χ3v) is 3.77. The summed E-state index contributed by atoms with van der Waals surface area (Å²) >= 11 is 0. The van der Waals surface area contributed by atoms with Gasteiger partial charge < -0.3 is 11.1 Å². The minimum Gasteiger partial charge on any atom is -0.382 e. The fourth-order valence-corrected chi connectivity index (χ4v) is 2.65. The van der Waals surface area contributed by atoms with Crippen molar-refractivity contribution >= 4 is 28.3 Å². The number of amides is 1. The number of carbonyl (C=O) groups is 1. The number of carbonyl (C=O) groups excluding carboxylic acids is 1. The van der Waals surface area contributed by atoms with Crippen molar-refractivity contribution in [3.05, 3.63) is 42.4 Å². The van der Waals surface area contributed by atoms with Crippen LogP contribution in [0.2, 0.25) is 0 Å². The van der Waals surface area contributed by atoms with Gasteiger partial charge in [0.1, 0.15) is 11.5 Å². The molecule has 0 spiro atoms. The van der Waals surface area contributed by atoms with Gasteiger partial charge in [0, 0.05) is 23.6 Å². The highest BCUT2D eigenvalue weighted by molar-refractivity contribution is 6.06. The van der Waals surface area contributed by atoms with Crippen molar-refractivity contribution in [1.29, 1.82) is 5.41 Å². The van der Waals surface area contributed by atoms with E-state index in [1.807, 2.05) is 38.1 Å². The lowest BCUT2D eigenvalue weighted by Gasteiger charge is -2.09. The van der Waals surface area contributed by atoms with Crippen LogP contribution in [-0.2, 0) is 4.79 Å². The third-order valence-electron chi connectivity index (χ3n) is 3.77. The first-order valence-electron chi connectivity index (χ1n) is 8.02. The zero-order chi connectivity index (χ0) is 18.0. The van der Waals surface area contributed by atoms with E-state index in [4.69, 9.17) is 11.1 Å². The van der Waals surface area contributed by atoms with E-state index in [9.17, 15) is 4.79 Å². The molecule has 1 amide bonds. The summed E-state index contributed by atoms with van der Waals surface area (Å²) in [4.78, 5) is 16.2. The molecule has 7 nitrogen and oxygen atoms in total. The molecule has 0 unspecified atom stereocenters. The molecule has 128 valence electrons. The SMILES string of the molecule is CC(C)CC(=O)Nc1cncc(-c2ccc3[nH]nc(C(=N)N)c3c2)c1. The summed E-state index contributed by atoms with van der Waals surface area (Å²) in [6, 6.07) is 7.60. The monoisotopic (exact) mass is 336 g/mol. The van der Waals surface area contributed by atoms with E-state index >= 15 is 0 Å². The van der Waals surface area contributed by atoms with Crippen LogP contribution in [0.5, 0.6) is 0 Å². The maximum absolute atomic E-state index is 11.9. The van der Waals surface area contributed by atoms with Crippen LogP contribution < -0.4 is 11.1 Å². The number of nitrogens with one attached hydrogen (secondary N) is 3. The van der Waals surface area contributed by atoms with Crippen LogP contribution in [0.3, 0.4) is 0 Å². The summed E-state index contributed by atoms with van der Waals surface area (Å²) in [6.45, 7) is 4.00. The number of nitrogen functional groups attached to an aromatic ring is 1. The van der Waals surface area contributed by atoms with Gasteiger partial charge in [0.05, 0.1) is 17.4 Å². The molecule has 0 atom stereocenters. The zero-order valence-corrected chi connectivity index (χ0v) is 14.1. The number of hydrogen-bond acceptors (Lipinski definition) is 4. The molecule has 0 saturated carbocycles. The minimum absolute atomic E-state index is 0.0295. The summed E-state index contributed by atoms with van der Waals surface area (Å²) in [6.07, 6.45) is 3.82. The van der Waals surface area contributed by atoms with Crippen molar-refractivity contribution in [3.63, 3.8) is 0 Å². The van der Waals surface area contributed by atoms with E-state index < -0.39 is 0 Å². The Kier molecular flexibility index (Phi) is 4.47. The molecule has 2 aromatic heterocycles. The fourth-order valence-electron chi connectivity index (χ4n) is 2.65. The Balaban J connectivity index is 1.92. The Morgan fingerprint density at radius 3 is 2.80 bits per heavy atom. The van der Waals surface area contributed by atoms with Crippen molar-refractivity contribution in [2.75, 3.05) is 5.32 Å². The summed E-state index contributed by atoms with van der Waals surface area (Å²) in [5.41, 5.74) is 9.23. The van der Waals surface area contributed by atoms with Crippen molar-refractivity contribution in [1.82, 2.24) is 15.2 Å². The Hall–Kier alpha value is -3.22. The lowest BCUT2D eigenvalue weighted by atomic mass is 10.0. The molecular formula is C18H20N6O. The highest BCUT2D eigenvalue weighted by Crippen LogP contribution is 2.26. The molecule has 3 rings (SSSR count). The summed E-state index contributed by atoms with van der Waals surface area (Å²) < 4.78 is 0. The summed E-state index contributed by atoms with van der Waals surface area (Å²) in [7, 11) is 0. The number of nitrogens with two attached hydrogens (primary N) is 1. The number of rotatable bonds is 5. The molecule has 0 radical (unpaired) electrons. The first-order valence-corrected chi connectivity index (χ1v) is 8.02. The van der Waals surface area contributed by atoms with Gasteiger partial charge >= 0.3 is 0 Å². The molecule has 0 aliphatic carbocycles. The highest BCUT2D eigenvalue weighted by Gasteiger charge is 2.11. The standard InChI is InChI=1S/C18H20N6O/c1-10(2)5-16(25)22-13-6-12(8-21-9-13)11-3-4-15-14(7-11)17(18(19)20)24-23-15/h3-4,6-10H,5H2,1-2H3,(H3,19,20)(H,22,25)(H,23,24). The smallest absolute Gasteiger partial charge is 0.224 e. The molecule has 7 heteroatoms. The van der Waals surface area contributed by atoms with E-state index in [-0.39, 0.29) is 11.7 Å². The Morgan fingerprint density at radius 2 is 2.08 bits per heavy atom. The minimum atomic E-state index is -0.0868. The van der Waals surface area contributed by atoms with Crippen LogP contribution >= 0.6 is 0 Å². The maximum Gasteiger partial charge on any atom is 0.224 e. The summed E-state index contributed by atoms with van der Waals surface area (Å²) in [5, 5.41) is 18.2. The van der Waals surface area contributed by atoms with Gasteiger partial charge in [0.2, 0.25) is 5.91 Å². The second-order valence-corrected chi connectivity index (χ2v) is 6.35. The maximum atomic E-state index is 11.9. The second-order valence-electron chi connectivity index (χ2n) is 6.35. The number of amidine groups is 1. The van der Waals surface area contributed by atoms with Crippen LogP contribution in [0, 0.1) is 11.3 Å². The Labute approximate surface area is 145 Å². The van der Waals surface area contributed by atoms with Crippen molar-refractivity contribution in [2.45, 2.75) is 20.3 Å². The largest absolute Gasteiger partial charge is 0.382 e. The molecule has 0 saturated heterocycles. The molecular weight excluding hydrogens is 316 g/mol. The lowest BCUT2D eigenvalue weighted by molar-refractivity contribution is -0.116. The first-order chi connectivity index (χ1) is 11.9. The topological polar surface area (TPSA) is 121 Å². The van der Waals surface area contributed by atoms with Gasteiger partial charge in [-0.25, -0.2) is 0 Å².